The lowest BCUT2D eigenvalue weighted by Crippen LogP contribution is -2.66. The lowest BCUT2D eigenvalue weighted by Gasteiger charge is -2.55. The fourth-order valence-electron chi connectivity index (χ4n) is 12.1. The molecule has 14 nitrogen and oxygen atoms in total. The molecular weight excluding hydrogens is 1050 g/mol. The normalized spacial score (nSPS) is 26.4. The van der Waals surface area contributed by atoms with E-state index in [4.69, 9.17) is 47.1 Å². The van der Waals surface area contributed by atoms with Crippen LogP contribution < -0.4 is 9.47 Å². The van der Waals surface area contributed by atoms with Gasteiger partial charge in [0, 0.05) is 28.9 Å². The lowest BCUT2D eigenvalue weighted by molar-refractivity contribution is -0.347. The van der Waals surface area contributed by atoms with Crippen LogP contribution in [-0.2, 0) is 62.0 Å². The van der Waals surface area contributed by atoms with Gasteiger partial charge in [0.25, 0.3) is 0 Å². The Kier molecular flexibility index (Phi) is 20.3. The fourth-order valence-corrected chi connectivity index (χ4v) is 13.5. The number of ether oxygens (including phenoxy) is 9. The van der Waals surface area contributed by atoms with Crippen LogP contribution in [0.15, 0.2) is 140 Å². The molecule has 0 radical (unpaired) electrons. The molecule has 444 valence electrons. The van der Waals surface area contributed by atoms with Crippen molar-refractivity contribution in [1.29, 1.82) is 0 Å². The number of imide groups is 1. The monoisotopic (exact) mass is 1140 g/mol. The van der Waals surface area contributed by atoms with E-state index in [1.54, 1.807) is 21.1 Å². The SMILES string of the molecule is CC[C@@H](O[Si](C)(C)C(C)(C)C)[C@@](C)(OCc1ccccc1)[C@@H]1O[C@H](c2ccc(OC)cc2)O[C@@H]([C@H](C)[C@@H](O)[C@@](C)(OCc2ccccc2)[C@@H]2O[C@H](c3ccc(OC)cc3)O[C@H]([C@@H](C)C(=O)N3C(=O)OC[C@H]3Cc3ccccc3)[C@@H]2C)[C@@H]1C. The van der Waals surface area contributed by atoms with E-state index in [2.05, 4.69) is 66.8 Å². The predicted molar refractivity (Wildman–Crippen MR) is 317 cm³/mol. The van der Waals surface area contributed by atoms with Crippen molar-refractivity contribution in [3.63, 3.8) is 0 Å². The number of benzene rings is 5. The zero-order valence-electron chi connectivity index (χ0n) is 50.6. The van der Waals surface area contributed by atoms with Crippen LogP contribution in [0.5, 0.6) is 11.5 Å². The zero-order chi connectivity index (χ0) is 59.1. The molecule has 5 aromatic rings. The Morgan fingerprint density at radius 3 is 1.55 bits per heavy atom. The highest BCUT2D eigenvalue weighted by Crippen LogP contribution is 2.50. The number of carbonyl (C=O) groups is 2. The number of aliphatic hydroxyl groups excluding tert-OH is 1. The van der Waals surface area contributed by atoms with Gasteiger partial charge in [-0.2, -0.15) is 0 Å². The zero-order valence-corrected chi connectivity index (χ0v) is 51.6. The van der Waals surface area contributed by atoms with Gasteiger partial charge in [-0.3, -0.25) is 4.79 Å². The molecule has 0 unspecified atom stereocenters. The molecule has 0 bridgehead atoms. The maximum Gasteiger partial charge on any atom is 0.416 e. The molecule has 3 aliphatic rings. The second kappa shape index (κ2) is 26.6. The Morgan fingerprint density at radius 1 is 0.646 bits per heavy atom. The summed E-state index contributed by atoms with van der Waals surface area (Å²) in [5.74, 6) is -1.74. The van der Waals surface area contributed by atoms with Crippen LogP contribution in [0, 0.1) is 23.7 Å². The highest BCUT2D eigenvalue weighted by molar-refractivity contribution is 6.74. The summed E-state index contributed by atoms with van der Waals surface area (Å²) in [6.45, 7) is 25.7. The van der Waals surface area contributed by atoms with Crippen LogP contribution in [0.1, 0.15) is 116 Å². The van der Waals surface area contributed by atoms with Crippen LogP contribution in [0.2, 0.25) is 18.1 Å². The molecule has 3 saturated heterocycles. The Balaban J connectivity index is 1.21. The van der Waals surface area contributed by atoms with E-state index in [-0.39, 0.29) is 18.3 Å². The number of aliphatic hydroxyl groups is 1. The predicted octanol–water partition coefficient (Wildman–Crippen LogP) is 13.2. The Hall–Kier alpha value is -5.46. The summed E-state index contributed by atoms with van der Waals surface area (Å²) in [6, 6.07) is 44.2. The third-order valence-electron chi connectivity index (χ3n) is 18.0. The molecule has 82 heavy (non-hydrogen) atoms. The summed E-state index contributed by atoms with van der Waals surface area (Å²) in [5, 5.41) is 13.7. The number of nitrogens with zero attached hydrogens (tertiary/aromatic N) is 1. The summed E-state index contributed by atoms with van der Waals surface area (Å²) >= 11 is 0. The third kappa shape index (κ3) is 13.7. The molecule has 0 saturated carbocycles. The average Bonchev–Trinajstić information content (AvgIpc) is 2.16. The summed E-state index contributed by atoms with van der Waals surface area (Å²) in [4.78, 5) is 29.9. The topological polar surface area (TPSA) is 150 Å². The summed E-state index contributed by atoms with van der Waals surface area (Å²) in [6.07, 6.45) is -6.46. The van der Waals surface area contributed by atoms with Gasteiger partial charge in [-0.05, 0) is 85.8 Å². The first-order chi connectivity index (χ1) is 39.0. The van der Waals surface area contributed by atoms with Crippen LogP contribution in [-0.4, -0.2) is 105 Å². The van der Waals surface area contributed by atoms with Crippen molar-refractivity contribution >= 4 is 20.3 Å². The molecule has 8 rings (SSSR count). The van der Waals surface area contributed by atoms with Crippen molar-refractivity contribution in [3.05, 3.63) is 167 Å². The van der Waals surface area contributed by atoms with Gasteiger partial charge >= 0.3 is 6.09 Å². The molecule has 3 heterocycles. The van der Waals surface area contributed by atoms with Crippen LogP contribution >= 0.6 is 0 Å². The minimum Gasteiger partial charge on any atom is -0.497 e. The van der Waals surface area contributed by atoms with Gasteiger partial charge in [-0.25, -0.2) is 9.69 Å². The molecule has 15 heteroatoms. The maximum absolute atomic E-state index is 15.1. The van der Waals surface area contributed by atoms with Crippen molar-refractivity contribution in [1.82, 2.24) is 4.90 Å². The summed E-state index contributed by atoms with van der Waals surface area (Å²) in [7, 11) is 0.804. The molecular formula is C67H89NO13Si. The minimum absolute atomic E-state index is 0.0664. The molecule has 15 atom stereocenters. The maximum atomic E-state index is 15.1. The smallest absolute Gasteiger partial charge is 0.416 e. The first-order valence-electron chi connectivity index (χ1n) is 29.2. The minimum atomic E-state index is -2.43. The number of cyclic esters (lactones) is 1. The average molecular weight is 1140 g/mol. The standard InChI is InChI=1S/C67H89NO13Si/c1-15-55(81-82(13,14)65(6,7)8)66(9,75-40-48-27-21-17-22-28-48)59-44(3)56(77-62(79-59)50-31-35-53(72-11)36-32-50)43(2)58(69)67(10,76-41-49-29-23-18-24-30-49)60-45(4)57(78-63(80-60)51-33-37-54(73-12)38-34-51)46(5)61(70)68-52(42-74-64(68)71)39-47-25-19-16-20-26-47/h16-38,43-46,52,55-60,62-63,69H,15,39-42H2,1-14H3/t43-,44-,45-,46+,52+,55+,56-,57-,58+,59+,60+,62+,63+,66+,67+/m0/s1. The van der Waals surface area contributed by atoms with E-state index in [1.165, 1.54) is 4.90 Å². The molecule has 3 aliphatic heterocycles. The molecule has 3 fully saturated rings. The highest BCUT2D eigenvalue weighted by atomic mass is 28.4. The molecule has 1 N–H and O–H groups in total. The van der Waals surface area contributed by atoms with Crippen LogP contribution in [0.25, 0.3) is 0 Å². The third-order valence-corrected chi connectivity index (χ3v) is 22.5. The van der Waals surface area contributed by atoms with Gasteiger partial charge in [0.05, 0.1) is 76.0 Å². The van der Waals surface area contributed by atoms with Gasteiger partial charge in [0.1, 0.15) is 29.3 Å². The fraction of sp³-hybridized carbons (Fsp3) is 0.522. The number of carbonyl (C=O) groups excluding carboxylic acids is 2. The lowest BCUT2D eigenvalue weighted by atomic mass is 9.71. The van der Waals surface area contributed by atoms with Gasteiger partial charge in [0.2, 0.25) is 5.91 Å². The Labute approximate surface area is 488 Å². The van der Waals surface area contributed by atoms with Gasteiger partial charge in [0.15, 0.2) is 20.9 Å². The first-order valence-corrected chi connectivity index (χ1v) is 32.1. The number of hydrogen-bond acceptors (Lipinski definition) is 13. The Morgan fingerprint density at radius 2 is 1.09 bits per heavy atom. The number of rotatable bonds is 23. The number of amides is 2. The molecule has 0 spiro atoms. The summed E-state index contributed by atoms with van der Waals surface area (Å²) in [5.41, 5.74) is 1.67. The van der Waals surface area contributed by atoms with E-state index in [0.29, 0.717) is 36.5 Å². The molecule has 5 aromatic carbocycles. The van der Waals surface area contributed by atoms with Crippen molar-refractivity contribution < 1.29 is 61.8 Å². The van der Waals surface area contributed by atoms with Crippen molar-refractivity contribution in [2.24, 2.45) is 23.7 Å². The largest absolute Gasteiger partial charge is 0.497 e. The molecule has 0 aromatic heterocycles. The van der Waals surface area contributed by atoms with Crippen molar-refractivity contribution in [3.8, 4) is 11.5 Å². The van der Waals surface area contributed by atoms with Crippen LogP contribution in [0.4, 0.5) is 4.79 Å². The Bertz CT molecular complexity index is 2820. The number of methoxy groups -OCH3 is 2. The van der Waals surface area contributed by atoms with E-state index in [0.717, 1.165) is 22.3 Å². The van der Waals surface area contributed by atoms with Crippen molar-refractivity contribution in [2.75, 3.05) is 20.8 Å². The van der Waals surface area contributed by atoms with Gasteiger partial charge in [-0.1, -0.05) is 171 Å². The second-order valence-corrected chi connectivity index (χ2v) is 29.4. The van der Waals surface area contributed by atoms with Crippen LogP contribution in [0.3, 0.4) is 0 Å². The van der Waals surface area contributed by atoms with Gasteiger partial charge < -0.3 is 52.2 Å². The van der Waals surface area contributed by atoms with E-state index in [9.17, 15) is 9.90 Å². The quantitative estimate of drug-likeness (QED) is 0.0619. The van der Waals surface area contributed by atoms with Gasteiger partial charge in [-0.15, -0.1) is 0 Å². The highest BCUT2D eigenvalue weighted by Gasteiger charge is 2.60. The first kappa shape index (κ1) is 62.6. The van der Waals surface area contributed by atoms with E-state index < -0.39 is 110 Å². The van der Waals surface area contributed by atoms with Crippen molar-refractivity contribution in [2.45, 2.75) is 180 Å². The van der Waals surface area contributed by atoms with E-state index in [1.807, 2.05) is 148 Å². The summed E-state index contributed by atoms with van der Waals surface area (Å²) < 4.78 is 67.5. The number of hydrogen-bond donors (Lipinski definition) is 1. The molecule has 0 aliphatic carbocycles. The molecule has 2 amide bonds. The van der Waals surface area contributed by atoms with E-state index >= 15 is 4.79 Å². The second-order valence-electron chi connectivity index (χ2n) is 24.7.